The molecule has 1 N–H and O–H groups in total. The van der Waals surface area contributed by atoms with Gasteiger partial charge in [0.05, 0.1) is 0 Å². The van der Waals surface area contributed by atoms with E-state index >= 15 is 0 Å². The van der Waals surface area contributed by atoms with E-state index in [1.54, 1.807) is 12.1 Å². The zero-order valence-electron chi connectivity index (χ0n) is 13.2. The summed E-state index contributed by atoms with van der Waals surface area (Å²) in [6.07, 6.45) is 6.57. The van der Waals surface area contributed by atoms with Gasteiger partial charge in [-0.1, -0.05) is 38.8 Å². The predicted molar refractivity (Wildman–Crippen MR) is 83.3 cm³/mol. The third kappa shape index (κ3) is 4.26. The Morgan fingerprint density at radius 3 is 2.71 bits per heavy atom. The standard InChI is InChI=1S/C18H27F2N/c1-3-10-21-17(14-9-8-13(4-2)11-14)12-15-6-5-7-16(19)18(15)20/h5-7,13-14,17,21H,3-4,8-12H2,1-2H3. The van der Waals surface area contributed by atoms with Crippen LogP contribution in [0.5, 0.6) is 0 Å². The van der Waals surface area contributed by atoms with Gasteiger partial charge in [-0.2, -0.15) is 0 Å². The highest BCUT2D eigenvalue weighted by Gasteiger charge is 2.30. The van der Waals surface area contributed by atoms with Crippen molar-refractivity contribution >= 4 is 0 Å². The Hall–Kier alpha value is -0.960. The maximum Gasteiger partial charge on any atom is 0.162 e. The number of hydrogen-bond acceptors (Lipinski definition) is 1. The Balaban J connectivity index is 2.07. The molecule has 3 heteroatoms. The summed E-state index contributed by atoms with van der Waals surface area (Å²) in [5.74, 6) is -0.0205. The molecule has 3 atom stereocenters. The number of halogens is 2. The van der Waals surface area contributed by atoms with Crippen molar-refractivity contribution in [1.29, 1.82) is 0 Å². The van der Waals surface area contributed by atoms with Crippen LogP contribution in [0.25, 0.3) is 0 Å². The molecule has 1 saturated carbocycles. The van der Waals surface area contributed by atoms with E-state index in [0.717, 1.165) is 18.9 Å². The first-order chi connectivity index (χ1) is 10.2. The van der Waals surface area contributed by atoms with Crippen LogP contribution >= 0.6 is 0 Å². The molecule has 1 aromatic carbocycles. The van der Waals surface area contributed by atoms with Crippen molar-refractivity contribution in [2.24, 2.45) is 11.8 Å². The van der Waals surface area contributed by atoms with Gasteiger partial charge in [-0.05, 0) is 55.7 Å². The predicted octanol–water partition coefficient (Wildman–Crippen LogP) is 4.70. The molecule has 21 heavy (non-hydrogen) atoms. The molecule has 0 heterocycles. The third-order valence-electron chi connectivity index (χ3n) is 4.86. The van der Waals surface area contributed by atoms with Gasteiger partial charge in [-0.25, -0.2) is 8.78 Å². The summed E-state index contributed by atoms with van der Waals surface area (Å²) in [5.41, 5.74) is 0.503. The Kier molecular flexibility index (Phi) is 6.16. The zero-order chi connectivity index (χ0) is 15.2. The van der Waals surface area contributed by atoms with Crippen molar-refractivity contribution in [3.63, 3.8) is 0 Å². The van der Waals surface area contributed by atoms with Crippen molar-refractivity contribution in [3.05, 3.63) is 35.4 Å². The fraction of sp³-hybridized carbons (Fsp3) is 0.667. The van der Waals surface area contributed by atoms with Crippen LogP contribution in [0.4, 0.5) is 8.78 Å². The van der Waals surface area contributed by atoms with Crippen molar-refractivity contribution in [2.75, 3.05) is 6.54 Å². The lowest BCUT2D eigenvalue weighted by Crippen LogP contribution is -2.38. The summed E-state index contributed by atoms with van der Waals surface area (Å²) in [7, 11) is 0. The summed E-state index contributed by atoms with van der Waals surface area (Å²) < 4.78 is 27.3. The van der Waals surface area contributed by atoms with Crippen LogP contribution in [0.2, 0.25) is 0 Å². The van der Waals surface area contributed by atoms with E-state index in [4.69, 9.17) is 0 Å². The number of nitrogens with one attached hydrogen (secondary N) is 1. The minimum atomic E-state index is -0.736. The molecule has 1 nitrogen and oxygen atoms in total. The molecule has 1 fully saturated rings. The van der Waals surface area contributed by atoms with Gasteiger partial charge in [-0.15, -0.1) is 0 Å². The van der Waals surface area contributed by atoms with Crippen LogP contribution in [0.3, 0.4) is 0 Å². The van der Waals surface area contributed by atoms with Crippen molar-refractivity contribution in [1.82, 2.24) is 5.32 Å². The molecule has 1 aliphatic carbocycles. The number of hydrogen-bond donors (Lipinski definition) is 1. The van der Waals surface area contributed by atoms with Gasteiger partial charge >= 0.3 is 0 Å². The first-order valence-electron chi connectivity index (χ1n) is 8.31. The van der Waals surface area contributed by atoms with E-state index in [2.05, 4.69) is 19.2 Å². The van der Waals surface area contributed by atoms with Crippen LogP contribution < -0.4 is 5.32 Å². The van der Waals surface area contributed by atoms with E-state index in [1.807, 2.05) is 0 Å². The average Bonchev–Trinajstić information content (AvgIpc) is 2.96. The highest BCUT2D eigenvalue weighted by atomic mass is 19.2. The molecule has 0 aliphatic heterocycles. The maximum absolute atomic E-state index is 13.9. The molecule has 0 bridgehead atoms. The minimum Gasteiger partial charge on any atom is -0.313 e. The Morgan fingerprint density at radius 2 is 2.05 bits per heavy atom. The first-order valence-corrected chi connectivity index (χ1v) is 8.31. The molecule has 3 unspecified atom stereocenters. The van der Waals surface area contributed by atoms with Gasteiger partial charge in [0.2, 0.25) is 0 Å². The molecular formula is C18H27F2N. The lowest BCUT2D eigenvalue weighted by atomic mass is 9.90. The van der Waals surface area contributed by atoms with Gasteiger partial charge in [0, 0.05) is 6.04 Å². The second-order valence-electron chi connectivity index (χ2n) is 6.33. The molecule has 0 saturated heterocycles. The van der Waals surface area contributed by atoms with E-state index < -0.39 is 11.6 Å². The SMILES string of the molecule is CCCNC(Cc1cccc(F)c1F)C1CCC(CC)C1. The average molecular weight is 295 g/mol. The number of rotatable bonds is 7. The van der Waals surface area contributed by atoms with Gasteiger partial charge in [-0.3, -0.25) is 0 Å². The molecule has 2 rings (SSSR count). The van der Waals surface area contributed by atoms with E-state index in [-0.39, 0.29) is 6.04 Å². The number of benzene rings is 1. The minimum absolute atomic E-state index is 0.262. The lowest BCUT2D eigenvalue weighted by molar-refractivity contribution is 0.339. The summed E-state index contributed by atoms with van der Waals surface area (Å²) in [5, 5.41) is 3.56. The molecule has 1 aliphatic rings. The molecule has 1 aromatic rings. The Labute approximate surface area is 127 Å². The molecule has 0 radical (unpaired) electrons. The fourth-order valence-electron chi connectivity index (χ4n) is 3.53. The van der Waals surface area contributed by atoms with Gasteiger partial charge in [0.25, 0.3) is 0 Å². The van der Waals surface area contributed by atoms with E-state index in [0.29, 0.717) is 17.9 Å². The second kappa shape index (κ2) is 7.88. The van der Waals surface area contributed by atoms with Crippen molar-refractivity contribution < 1.29 is 8.78 Å². The van der Waals surface area contributed by atoms with Crippen LogP contribution in [-0.4, -0.2) is 12.6 Å². The largest absolute Gasteiger partial charge is 0.313 e. The van der Waals surface area contributed by atoms with Crippen LogP contribution in [0.15, 0.2) is 18.2 Å². The van der Waals surface area contributed by atoms with Gasteiger partial charge in [0.1, 0.15) is 0 Å². The molecule has 0 aromatic heterocycles. The summed E-state index contributed by atoms with van der Waals surface area (Å²) in [6, 6.07) is 4.77. The van der Waals surface area contributed by atoms with Gasteiger partial charge < -0.3 is 5.32 Å². The molecular weight excluding hydrogens is 268 g/mol. The zero-order valence-corrected chi connectivity index (χ0v) is 13.2. The van der Waals surface area contributed by atoms with Crippen LogP contribution in [0.1, 0.15) is 51.5 Å². The van der Waals surface area contributed by atoms with Crippen molar-refractivity contribution in [3.8, 4) is 0 Å². The molecule has 0 spiro atoms. The second-order valence-corrected chi connectivity index (χ2v) is 6.33. The third-order valence-corrected chi connectivity index (χ3v) is 4.86. The smallest absolute Gasteiger partial charge is 0.162 e. The Bertz CT molecular complexity index is 447. The summed E-state index contributed by atoms with van der Waals surface area (Å²) in [6.45, 7) is 5.32. The van der Waals surface area contributed by atoms with Crippen molar-refractivity contribution in [2.45, 2.75) is 58.4 Å². The van der Waals surface area contributed by atoms with E-state index in [9.17, 15) is 8.78 Å². The quantitative estimate of drug-likeness (QED) is 0.768. The fourth-order valence-corrected chi connectivity index (χ4v) is 3.53. The van der Waals surface area contributed by atoms with Gasteiger partial charge in [0.15, 0.2) is 11.6 Å². The Morgan fingerprint density at radius 1 is 1.24 bits per heavy atom. The molecule has 0 amide bonds. The highest BCUT2D eigenvalue weighted by molar-refractivity contribution is 5.20. The highest BCUT2D eigenvalue weighted by Crippen LogP contribution is 2.36. The normalized spacial score (nSPS) is 23.4. The molecule has 118 valence electrons. The van der Waals surface area contributed by atoms with Crippen LogP contribution in [0, 0.1) is 23.5 Å². The maximum atomic E-state index is 13.9. The monoisotopic (exact) mass is 295 g/mol. The first kappa shape index (κ1) is 16.4. The summed E-state index contributed by atoms with van der Waals surface area (Å²) >= 11 is 0. The topological polar surface area (TPSA) is 12.0 Å². The summed E-state index contributed by atoms with van der Waals surface area (Å²) in [4.78, 5) is 0. The lowest BCUT2D eigenvalue weighted by Gasteiger charge is -2.25. The van der Waals surface area contributed by atoms with Crippen LogP contribution in [-0.2, 0) is 6.42 Å². The van der Waals surface area contributed by atoms with E-state index in [1.165, 1.54) is 31.7 Å².